The lowest BCUT2D eigenvalue weighted by Gasteiger charge is -2.08. The van der Waals surface area contributed by atoms with Crippen LogP contribution in [0.2, 0.25) is 0 Å². The molecular formula is C24H36N2O2. The molecule has 0 fully saturated rings. The van der Waals surface area contributed by atoms with Crippen LogP contribution in [0, 0.1) is 0 Å². The molecule has 0 saturated carbocycles. The second-order valence-electron chi connectivity index (χ2n) is 7.33. The average Bonchev–Trinajstić information content (AvgIpc) is 2.73. The van der Waals surface area contributed by atoms with Gasteiger partial charge in [-0.25, -0.2) is 0 Å². The lowest BCUT2D eigenvalue weighted by atomic mass is 10.1. The van der Waals surface area contributed by atoms with Crippen LogP contribution in [-0.4, -0.2) is 23.2 Å². The molecule has 2 heterocycles. The van der Waals surface area contributed by atoms with Crippen molar-refractivity contribution in [2.24, 2.45) is 0 Å². The van der Waals surface area contributed by atoms with Crippen molar-refractivity contribution in [3.8, 4) is 11.4 Å². The molecular weight excluding hydrogens is 348 g/mol. The highest BCUT2D eigenvalue weighted by Gasteiger charge is 2.05. The van der Waals surface area contributed by atoms with Gasteiger partial charge < -0.3 is 9.47 Å². The smallest absolute Gasteiger partial charge is 0.0889 e. The molecule has 2 aromatic rings. The summed E-state index contributed by atoms with van der Waals surface area (Å²) < 4.78 is 11.6. The summed E-state index contributed by atoms with van der Waals surface area (Å²) >= 11 is 0. The largest absolute Gasteiger partial charge is 0.377 e. The Morgan fingerprint density at radius 1 is 0.643 bits per heavy atom. The van der Waals surface area contributed by atoms with Gasteiger partial charge in [0.25, 0.3) is 0 Å². The first kappa shape index (κ1) is 22.5. The van der Waals surface area contributed by atoms with Gasteiger partial charge in [-0.15, -0.1) is 0 Å². The van der Waals surface area contributed by atoms with Crippen LogP contribution in [0.1, 0.15) is 76.3 Å². The van der Waals surface area contributed by atoms with E-state index in [4.69, 9.17) is 9.47 Å². The maximum Gasteiger partial charge on any atom is 0.0889 e. The normalized spacial score (nSPS) is 11.1. The molecule has 0 aliphatic rings. The summed E-state index contributed by atoms with van der Waals surface area (Å²) in [7, 11) is 0. The first-order valence-corrected chi connectivity index (χ1v) is 10.9. The van der Waals surface area contributed by atoms with E-state index in [2.05, 4.69) is 35.9 Å². The van der Waals surface area contributed by atoms with Crippen molar-refractivity contribution >= 4 is 0 Å². The molecule has 154 valence electrons. The summed E-state index contributed by atoms with van der Waals surface area (Å²) in [6, 6.07) is 8.17. The molecule has 0 atom stereocenters. The van der Waals surface area contributed by atoms with Gasteiger partial charge in [0.2, 0.25) is 0 Å². The van der Waals surface area contributed by atoms with Gasteiger partial charge in [-0.3, -0.25) is 9.97 Å². The minimum absolute atomic E-state index is 0.627. The summed E-state index contributed by atoms with van der Waals surface area (Å²) in [5.74, 6) is 0. The number of hydrogen-bond acceptors (Lipinski definition) is 4. The number of nitrogens with zero attached hydrogens (tertiary/aromatic N) is 2. The summed E-state index contributed by atoms with van der Waals surface area (Å²) in [5.41, 5.74) is 4.05. The monoisotopic (exact) mass is 384 g/mol. The summed E-state index contributed by atoms with van der Waals surface area (Å²) in [6.07, 6.45) is 13.5. The molecule has 28 heavy (non-hydrogen) atoms. The van der Waals surface area contributed by atoms with Gasteiger partial charge in [-0.05, 0) is 48.2 Å². The van der Waals surface area contributed by atoms with Gasteiger partial charge in [0, 0.05) is 25.6 Å². The highest BCUT2D eigenvalue weighted by molar-refractivity contribution is 5.55. The second kappa shape index (κ2) is 14.3. The van der Waals surface area contributed by atoms with E-state index in [9.17, 15) is 0 Å². The minimum atomic E-state index is 0.627. The van der Waals surface area contributed by atoms with E-state index in [1.165, 1.54) is 38.5 Å². The van der Waals surface area contributed by atoms with E-state index >= 15 is 0 Å². The number of rotatable bonds is 15. The van der Waals surface area contributed by atoms with Gasteiger partial charge >= 0.3 is 0 Å². The van der Waals surface area contributed by atoms with E-state index in [0.29, 0.717) is 13.2 Å². The van der Waals surface area contributed by atoms with Crippen LogP contribution in [0.4, 0.5) is 0 Å². The van der Waals surface area contributed by atoms with Crippen molar-refractivity contribution < 1.29 is 9.47 Å². The van der Waals surface area contributed by atoms with E-state index in [1.54, 1.807) is 0 Å². The van der Waals surface area contributed by atoms with E-state index < -0.39 is 0 Å². The second-order valence-corrected chi connectivity index (χ2v) is 7.33. The van der Waals surface area contributed by atoms with Crippen molar-refractivity contribution in [1.82, 2.24) is 9.97 Å². The van der Waals surface area contributed by atoms with Crippen molar-refractivity contribution in [2.45, 2.75) is 78.4 Å². The topological polar surface area (TPSA) is 44.2 Å². The Morgan fingerprint density at radius 2 is 1.11 bits per heavy atom. The molecule has 0 bridgehead atoms. The Balaban J connectivity index is 1.82. The number of unbranched alkanes of at least 4 members (excludes halogenated alkanes) is 6. The number of pyridine rings is 2. The molecule has 0 saturated heterocycles. The molecule has 0 radical (unpaired) electrons. The van der Waals surface area contributed by atoms with E-state index in [1.807, 2.05) is 24.5 Å². The molecule has 0 aliphatic heterocycles. The standard InChI is InChI=1S/C24H36N2O2/c1-3-5-7-9-15-27-19-21-11-13-25-23(17-21)24-18-22(12-14-26-24)20-28-16-10-8-6-4-2/h11-14,17-18H,3-10,15-16,19-20H2,1-2H3. The quantitative estimate of drug-likeness (QED) is 0.336. The molecule has 0 N–H and O–H groups in total. The zero-order valence-corrected chi connectivity index (χ0v) is 17.7. The third kappa shape index (κ3) is 8.94. The highest BCUT2D eigenvalue weighted by Crippen LogP contribution is 2.18. The first-order chi connectivity index (χ1) is 13.8. The molecule has 4 heteroatoms. The van der Waals surface area contributed by atoms with Crippen LogP contribution in [0.25, 0.3) is 11.4 Å². The van der Waals surface area contributed by atoms with E-state index in [0.717, 1.165) is 48.6 Å². The highest BCUT2D eigenvalue weighted by atomic mass is 16.5. The number of aromatic nitrogens is 2. The predicted octanol–water partition coefficient (Wildman–Crippen LogP) is 6.34. The molecule has 0 aliphatic carbocycles. The molecule has 0 aromatic carbocycles. The van der Waals surface area contributed by atoms with Crippen molar-refractivity contribution in [1.29, 1.82) is 0 Å². The molecule has 4 nitrogen and oxygen atoms in total. The van der Waals surface area contributed by atoms with Crippen molar-refractivity contribution in [2.75, 3.05) is 13.2 Å². The third-order valence-corrected chi connectivity index (χ3v) is 4.73. The van der Waals surface area contributed by atoms with Crippen LogP contribution < -0.4 is 0 Å². The van der Waals surface area contributed by atoms with Crippen LogP contribution in [0.5, 0.6) is 0 Å². The lowest BCUT2D eigenvalue weighted by Crippen LogP contribution is -1.98. The molecule has 0 amide bonds. The lowest BCUT2D eigenvalue weighted by molar-refractivity contribution is 0.116. The Kier molecular flexibility index (Phi) is 11.5. The molecule has 0 spiro atoms. The minimum Gasteiger partial charge on any atom is -0.377 e. The Bertz CT molecular complexity index is 603. The zero-order chi connectivity index (χ0) is 19.9. The Hall–Kier alpha value is -1.78. The van der Waals surface area contributed by atoms with Crippen LogP contribution in [0.3, 0.4) is 0 Å². The summed E-state index contributed by atoms with van der Waals surface area (Å²) in [4.78, 5) is 8.98. The summed E-state index contributed by atoms with van der Waals surface area (Å²) in [6.45, 7) is 7.34. The Labute approximate surface area is 170 Å². The number of hydrogen-bond donors (Lipinski definition) is 0. The third-order valence-electron chi connectivity index (χ3n) is 4.73. The average molecular weight is 385 g/mol. The summed E-state index contributed by atoms with van der Waals surface area (Å²) in [5, 5.41) is 0. The van der Waals surface area contributed by atoms with Gasteiger partial charge in [0.1, 0.15) is 0 Å². The van der Waals surface area contributed by atoms with E-state index in [-0.39, 0.29) is 0 Å². The fourth-order valence-corrected chi connectivity index (χ4v) is 3.05. The molecule has 0 unspecified atom stereocenters. The predicted molar refractivity (Wildman–Crippen MR) is 115 cm³/mol. The number of ether oxygens (including phenoxy) is 2. The van der Waals surface area contributed by atoms with Crippen molar-refractivity contribution in [3.63, 3.8) is 0 Å². The molecule has 2 rings (SSSR count). The van der Waals surface area contributed by atoms with Crippen LogP contribution in [0.15, 0.2) is 36.7 Å². The maximum absolute atomic E-state index is 5.81. The van der Waals surface area contributed by atoms with Gasteiger partial charge in [0.15, 0.2) is 0 Å². The van der Waals surface area contributed by atoms with Gasteiger partial charge in [-0.1, -0.05) is 52.4 Å². The maximum atomic E-state index is 5.81. The fourth-order valence-electron chi connectivity index (χ4n) is 3.05. The first-order valence-electron chi connectivity index (χ1n) is 10.9. The Morgan fingerprint density at radius 3 is 1.54 bits per heavy atom. The van der Waals surface area contributed by atoms with Gasteiger partial charge in [-0.2, -0.15) is 0 Å². The van der Waals surface area contributed by atoms with Gasteiger partial charge in [0.05, 0.1) is 24.6 Å². The molecule has 2 aromatic heterocycles. The van der Waals surface area contributed by atoms with Crippen LogP contribution in [-0.2, 0) is 22.7 Å². The van der Waals surface area contributed by atoms with Crippen LogP contribution >= 0.6 is 0 Å². The zero-order valence-electron chi connectivity index (χ0n) is 17.7. The van der Waals surface area contributed by atoms with Crippen molar-refractivity contribution in [3.05, 3.63) is 47.8 Å². The SMILES string of the molecule is CCCCCCOCc1ccnc(-c2cc(COCCCCCC)ccn2)c1. The fraction of sp³-hybridized carbons (Fsp3) is 0.583.